The lowest BCUT2D eigenvalue weighted by atomic mass is 9.95. The average Bonchev–Trinajstić information content (AvgIpc) is 2.78. The Kier molecular flexibility index (Phi) is 4.32. The van der Waals surface area contributed by atoms with Gasteiger partial charge in [-0.25, -0.2) is 4.39 Å². The van der Waals surface area contributed by atoms with Crippen molar-refractivity contribution in [1.82, 2.24) is 9.78 Å². The third-order valence-corrected chi connectivity index (χ3v) is 3.41. The Hall–Kier alpha value is -1.68. The van der Waals surface area contributed by atoms with Crippen molar-refractivity contribution in [3.8, 4) is 0 Å². The van der Waals surface area contributed by atoms with Crippen LogP contribution in [0.3, 0.4) is 0 Å². The maximum Gasteiger partial charge on any atom is 0.123 e. The maximum atomic E-state index is 12.9. The van der Waals surface area contributed by atoms with Gasteiger partial charge in [0.05, 0.1) is 12.3 Å². The predicted octanol–water partition coefficient (Wildman–Crippen LogP) is 2.44. The zero-order valence-corrected chi connectivity index (χ0v) is 11.3. The molecule has 0 saturated carbocycles. The second kappa shape index (κ2) is 5.97. The van der Waals surface area contributed by atoms with Crippen molar-refractivity contribution in [2.75, 3.05) is 6.61 Å². The quantitative estimate of drug-likeness (QED) is 0.898. The molecule has 1 heterocycles. The molecule has 0 aliphatic heterocycles. The lowest BCUT2D eigenvalue weighted by molar-refractivity contribution is 0.263. The van der Waals surface area contributed by atoms with Crippen LogP contribution in [0.15, 0.2) is 30.3 Å². The Morgan fingerprint density at radius 2 is 2.00 bits per heavy atom. The van der Waals surface area contributed by atoms with E-state index in [9.17, 15) is 9.50 Å². The number of hydrogen-bond acceptors (Lipinski definition) is 2. The molecule has 0 amide bonds. The standard InChI is InChI=1S/C15H19FN2O/c1-3-14-9-15(18(2)17-14)8-12(10-19)11-4-6-13(16)7-5-11/h4-7,9,12,19H,3,8,10H2,1-2H3. The van der Waals surface area contributed by atoms with Gasteiger partial charge in [0.15, 0.2) is 0 Å². The van der Waals surface area contributed by atoms with Gasteiger partial charge in [-0.1, -0.05) is 19.1 Å². The molecular weight excluding hydrogens is 243 g/mol. The number of aryl methyl sites for hydroxylation is 2. The van der Waals surface area contributed by atoms with E-state index in [0.29, 0.717) is 6.42 Å². The minimum Gasteiger partial charge on any atom is -0.396 e. The van der Waals surface area contributed by atoms with Crippen molar-refractivity contribution in [1.29, 1.82) is 0 Å². The fraction of sp³-hybridized carbons (Fsp3) is 0.400. The number of aliphatic hydroxyl groups excluding tert-OH is 1. The van der Waals surface area contributed by atoms with Crippen LogP contribution in [0.5, 0.6) is 0 Å². The summed E-state index contributed by atoms with van der Waals surface area (Å²) >= 11 is 0. The summed E-state index contributed by atoms with van der Waals surface area (Å²) < 4.78 is 14.8. The number of aliphatic hydroxyl groups is 1. The molecule has 0 fully saturated rings. The van der Waals surface area contributed by atoms with E-state index in [2.05, 4.69) is 18.1 Å². The third kappa shape index (κ3) is 3.20. The van der Waals surface area contributed by atoms with Crippen LogP contribution in [-0.2, 0) is 19.9 Å². The lowest BCUT2D eigenvalue weighted by Gasteiger charge is -2.14. The van der Waals surface area contributed by atoms with Crippen LogP contribution in [0.2, 0.25) is 0 Å². The number of aromatic nitrogens is 2. The highest BCUT2D eigenvalue weighted by Gasteiger charge is 2.14. The minimum atomic E-state index is -0.255. The van der Waals surface area contributed by atoms with Crippen molar-refractivity contribution in [3.05, 3.63) is 53.1 Å². The van der Waals surface area contributed by atoms with E-state index in [1.807, 2.05) is 11.7 Å². The summed E-state index contributed by atoms with van der Waals surface area (Å²) in [7, 11) is 1.91. The second-order valence-electron chi connectivity index (χ2n) is 4.74. The summed E-state index contributed by atoms with van der Waals surface area (Å²) in [4.78, 5) is 0. The molecule has 1 aromatic heterocycles. The molecule has 1 atom stereocenters. The Bertz CT molecular complexity index is 534. The summed E-state index contributed by atoms with van der Waals surface area (Å²) in [6.07, 6.45) is 1.60. The number of nitrogens with zero attached hydrogens (tertiary/aromatic N) is 2. The molecule has 0 bridgehead atoms. The molecule has 4 heteroatoms. The first kappa shape index (κ1) is 13.7. The summed E-state index contributed by atoms with van der Waals surface area (Å²) in [5.74, 6) is -0.282. The molecule has 0 aliphatic carbocycles. The topological polar surface area (TPSA) is 38.0 Å². The molecular formula is C15H19FN2O. The lowest BCUT2D eigenvalue weighted by Crippen LogP contribution is -2.10. The van der Waals surface area contributed by atoms with Crippen LogP contribution >= 0.6 is 0 Å². The monoisotopic (exact) mass is 262 g/mol. The highest BCUT2D eigenvalue weighted by atomic mass is 19.1. The van der Waals surface area contributed by atoms with E-state index in [1.165, 1.54) is 12.1 Å². The van der Waals surface area contributed by atoms with Crippen molar-refractivity contribution >= 4 is 0 Å². The maximum absolute atomic E-state index is 12.9. The Morgan fingerprint density at radius 1 is 1.32 bits per heavy atom. The van der Waals surface area contributed by atoms with E-state index < -0.39 is 0 Å². The third-order valence-electron chi connectivity index (χ3n) is 3.41. The van der Waals surface area contributed by atoms with Crippen LogP contribution in [0.4, 0.5) is 4.39 Å². The van der Waals surface area contributed by atoms with Gasteiger partial charge in [-0.05, 0) is 36.6 Å². The molecule has 0 spiro atoms. The van der Waals surface area contributed by atoms with Gasteiger partial charge in [-0.15, -0.1) is 0 Å². The molecule has 0 saturated heterocycles. The normalized spacial score (nSPS) is 12.6. The first-order valence-corrected chi connectivity index (χ1v) is 6.52. The first-order chi connectivity index (χ1) is 9.13. The van der Waals surface area contributed by atoms with Crippen molar-refractivity contribution in [2.45, 2.75) is 25.7 Å². The highest BCUT2D eigenvalue weighted by molar-refractivity contribution is 5.23. The van der Waals surface area contributed by atoms with E-state index in [-0.39, 0.29) is 18.3 Å². The van der Waals surface area contributed by atoms with Gasteiger partial charge in [0, 0.05) is 18.7 Å². The zero-order valence-electron chi connectivity index (χ0n) is 11.3. The Morgan fingerprint density at radius 3 is 2.53 bits per heavy atom. The second-order valence-corrected chi connectivity index (χ2v) is 4.74. The number of benzene rings is 1. The molecule has 0 aliphatic rings. The fourth-order valence-electron chi connectivity index (χ4n) is 2.21. The molecule has 2 rings (SSSR count). The molecule has 102 valence electrons. The van der Waals surface area contributed by atoms with Crippen LogP contribution in [-0.4, -0.2) is 21.5 Å². The van der Waals surface area contributed by atoms with Gasteiger partial charge in [0.25, 0.3) is 0 Å². The van der Waals surface area contributed by atoms with Crippen LogP contribution in [0.25, 0.3) is 0 Å². The van der Waals surface area contributed by atoms with Gasteiger partial charge < -0.3 is 5.11 Å². The number of hydrogen-bond donors (Lipinski definition) is 1. The van der Waals surface area contributed by atoms with Gasteiger partial charge in [0.2, 0.25) is 0 Å². The largest absolute Gasteiger partial charge is 0.396 e. The van der Waals surface area contributed by atoms with Crippen molar-refractivity contribution < 1.29 is 9.50 Å². The summed E-state index contributed by atoms with van der Waals surface area (Å²) in [5, 5.41) is 13.9. The molecule has 19 heavy (non-hydrogen) atoms. The van der Waals surface area contributed by atoms with Crippen LogP contribution in [0, 0.1) is 5.82 Å². The molecule has 1 N–H and O–H groups in total. The number of halogens is 1. The highest BCUT2D eigenvalue weighted by Crippen LogP contribution is 2.21. The number of rotatable bonds is 5. The van der Waals surface area contributed by atoms with Gasteiger partial charge >= 0.3 is 0 Å². The van der Waals surface area contributed by atoms with Crippen LogP contribution < -0.4 is 0 Å². The predicted molar refractivity (Wildman–Crippen MR) is 72.5 cm³/mol. The smallest absolute Gasteiger partial charge is 0.123 e. The van der Waals surface area contributed by atoms with Gasteiger partial charge in [-0.2, -0.15) is 5.10 Å². The molecule has 1 aromatic carbocycles. The van der Waals surface area contributed by atoms with E-state index in [0.717, 1.165) is 23.4 Å². The Balaban J connectivity index is 2.18. The van der Waals surface area contributed by atoms with Crippen molar-refractivity contribution in [3.63, 3.8) is 0 Å². The molecule has 0 radical (unpaired) electrons. The van der Waals surface area contributed by atoms with Gasteiger partial charge in [-0.3, -0.25) is 4.68 Å². The SMILES string of the molecule is CCc1cc(CC(CO)c2ccc(F)cc2)n(C)n1. The zero-order chi connectivity index (χ0) is 13.8. The van der Waals surface area contributed by atoms with Crippen LogP contribution in [0.1, 0.15) is 29.8 Å². The minimum absolute atomic E-state index is 0.0271. The average molecular weight is 262 g/mol. The summed E-state index contributed by atoms with van der Waals surface area (Å²) in [6, 6.07) is 8.38. The van der Waals surface area contributed by atoms with E-state index in [4.69, 9.17) is 0 Å². The van der Waals surface area contributed by atoms with E-state index in [1.54, 1.807) is 12.1 Å². The summed E-state index contributed by atoms with van der Waals surface area (Å²) in [5.41, 5.74) is 3.08. The van der Waals surface area contributed by atoms with Gasteiger partial charge in [0.1, 0.15) is 5.82 Å². The summed E-state index contributed by atoms with van der Waals surface area (Å²) in [6.45, 7) is 2.11. The first-order valence-electron chi connectivity index (χ1n) is 6.52. The fourth-order valence-corrected chi connectivity index (χ4v) is 2.21. The van der Waals surface area contributed by atoms with Crippen molar-refractivity contribution in [2.24, 2.45) is 7.05 Å². The molecule has 2 aromatic rings. The Labute approximate surface area is 112 Å². The molecule has 3 nitrogen and oxygen atoms in total. The molecule has 1 unspecified atom stereocenters. The van der Waals surface area contributed by atoms with E-state index >= 15 is 0 Å².